The molecule has 2 N–H and O–H groups in total. The third-order valence-electron chi connectivity index (χ3n) is 3.50. The van der Waals surface area contributed by atoms with E-state index in [1.54, 1.807) is 7.05 Å². The van der Waals surface area contributed by atoms with Crippen molar-refractivity contribution in [1.82, 2.24) is 10.6 Å². The summed E-state index contributed by atoms with van der Waals surface area (Å²) in [5.41, 5.74) is 2.23. The van der Waals surface area contributed by atoms with Crippen molar-refractivity contribution in [3.63, 3.8) is 0 Å². The van der Waals surface area contributed by atoms with E-state index in [1.807, 2.05) is 25.1 Å². The lowest BCUT2D eigenvalue weighted by Gasteiger charge is -2.28. The van der Waals surface area contributed by atoms with Crippen LogP contribution in [0, 0.1) is 6.92 Å². The van der Waals surface area contributed by atoms with E-state index in [0.29, 0.717) is 12.5 Å². The largest absolute Gasteiger partial charge is 0.390 e. The van der Waals surface area contributed by atoms with Gasteiger partial charge in [0.1, 0.15) is 0 Å². The maximum absolute atomic E-state index is 12.2. The zero-order valence-corrected chi connectivity index (χ0v) is 13.5. The van der Waals surface area contributed by atoms with Gasteiger partial charge in [-0.25, -0.2) is 0 Å². The summed E-state index contributed by atoms with van der Waals surface area (Å²) in [5.74, 6) is 0.380. The lowest BCUT2D eigenvalue weighted by atomic mass is 9.82. The molecule has 1 aromatic rings. The summed E-state index contributed by atoms with van der Waals surface area (Å²) < 4.78 is 36.5. The average molecular weight is 315 g/mol. The van der Waals surface area contributed by atoms with E-state index in [2.05, 4.69) is 35.5 Å². The Kier molecular flexibility index (Phi) is 6.26. The second-order valence-electron chi connectivity index (χ2n) is 5.92. The van der Waals surface area contributed by atoms with E-state index in [1.165, 1.54) is 11.1 Å². The summed E-state index contributed by atoms with van der Waals surface area (Å²) in [4.78, 5) is 3.95. The van der Waals surface area contributed by atoms with Gasteiger partial charge < -0.3 is 10.6 Å². The van der Waals surface area contributed by atoms with Gasteiger partial charge >= 0.3 is 6.18 Å². The summed E-state index contributed by atoms with van der Waals surface area (Å²) in [6.07, 6.45) is -5.04. The lowest BCUT2D eigenvalue weighted by Crippen LogP contribution is -2.44. The summed E-state index contributed by atoms with van der Waals surface area (Å²) in [6.45, 7) is 6.61. The van der Waals surface area contributed by atoms with Gasteiger partial charge in [-0.05, 0) is 18.1 Å². The van der Waals surface area contributed by atoms with Crippen LogP contribution in [-0.2, 0) is 5.41 Å². The van der Waals surface area contributed by atoms with Crippen LogP contribution in [0.3, 0.4) is 0 Å². The summed E-state index contributed by atoms with van der Waals surface area (Å²) in [6, 6.07) is 8.09. The predicted molar refractivity (Wildman–Crippen MR) is 84.2 cm³/mol. The summed E-state index contributed by atoms with van der Waals surface area (Å²) in [7, 11) is 1.55. The highest BCUT2D eigenvalue weighted by atomic mass is 19.4. The number of halogens is 3. The van der Waals surface area contributed by atoms with Crippen LogP contribution in [0.1, 0.15) is 31.4 Å². The lowest BCUT2D eigenvalue weighted by molar-refractivity contribution is -0.132. The molecule has 22 heavy (non-hydrogen) atoms. The van der Waals surface area contributed by atoms with Crippen LogP contribution in [0.15, 0.2) is 29.3 Å². The second-order valence-corrected chi connectivity index (χ2v) is 5.92. The SMILES string of the molecule is CN=C(NCCC(F)(F)F)NCC(C)(C)c1ccccc1C. The molecule has 0 bridgehead atoms. The Morgan fingerprint density at radius 2 is 1.77 bits per heavy atom. The number of hydrogen-bond acceptors (Lipinski definition) is 1. The van der Waals surface area contributed by atoms with Crippen molar-refractivity contribution >= 4 is 5.96 Å². The zero-order chi connectivity index (χ0) is 16.8. The Labute approximate surface area is 130 Å². The molecule has 0 aliphatic heterocycles. The topological polar surface area (TPSA) is 36.4 Å². The van der Waals surface area contributed by atoms with Crippen LogP contribution in [0.2, 0.25) is 0 Å². The molecule has 0 saturated carbocycles. The minimum atomic E-state index is -4.16. The van der Waals surface area contributed by atoms with Gasteiger partial charge in [0.15, 0.2) is 5.96 Å². The fourth-order valence-electron chi connectivity index (χ4n) is 2.28. The Morgan fingerprint density at radius 1 is 1.14 bits per heavy atom. The first-order chi connectivity index (χ1) is 10.2. The molecule has 1 aromatic carbocycles. The van der Waals surface area contributed by atoms with Crippen LogP contribution in [-0.4, -0.2) is 32.3 Å². The van der Waals surface area contributed by atoms with Gasteiger partial charge in [-0.1, -0.05) is 38.1 Å². The van der Waals surface area contributed by atoms with Crippen molar-refractivity contribution in [2.45, 2.75) is 38.8 Å². The van der Waals surface area contributed by atoms with Crippen LogP contribution in [0.5, 0.6) is 0 Å². The minimum absolute atomic E-state index is 0.160. The van der Waals surface area contributed by atoms with Gasteiger partial charge in [-0.2, -0.15) is 13.2 Å². The van der Waals surface area contributed by atoms with Gasteiger partial charge in [-0.15, -0.1) is 0 Å². The van der Waals surface area contributed by atoms with Crippen molar-refractivity contribution in [2.24, 2.45) is 4.99 Å². The molecule has 1 rings (SSSR count). The van der Waals surface area contributed by atoms with E-state index in [-0.39, 0.29) is 12.0 Å². The molecule has 0 aliphatic rings. The Balaban J connectivity index is 2.57. The van der Waals surface area contributed by atoms with Gasteiger partial charge in [0, 0.05) is 25.6 Å². The number of aliphatic imine (C=N–C) groups is 1. The van der Waals surface area contributed by atoms with Crippen LogP contribution in [0.4, 0.5) is 13.2 Å². The van der Waals surface area contributed by atoms with E-state index in [9.17, 15) is 13.2 Å². The van der Waals surface area contributed by atoms with E-state index >= 15 is 0 Å². The smallest absolute Gasteiger partial charge is 0.356 e. The molecule has 124 valence electrons. The molecule has 0 aromatic heterocycles. The average Bonchev–Trinajstić information content (AvgIpc) is 2.41. The first kappa shape index (κ1) is 18.3. The highest BCUT2D eigenvalue weighted by molar-refractivity contribution is 5.79. The van der Waals surface area contributed by atoms with Gasteiger partial charge in [-0.3, -0.25) is 4.99 Å². The van der Waals surface area contributed by atoms with Crippen molar-refractivity contribution in [1.29, 1.82) is 0 Å². The predicted octanol–water partition coefficient (Wildman–Crippen LogP) is 3.39. The maximum Gasteiger partial charge on any atom is 0.390 e. The molecule has 0 amide bonds. The Hall–Kier alpha value is -1.72. The number of alkyl halides is 3. The van der Waals surface area contributed by atoms with Gasteiger partial charge in [0.2, 0.25) is 0 Å². The Morgan fingerprint density at radius 3 is 2.32 bits per heavy atom. The molecule has 0 unspecified atom stereocenters. The fourth-order valence-corrected chi connectivity index (χ4v) is 2.28. The quantitative estimate of drug-likeness (QED) is 0.645. The zero-order valence-electron chi connectivity index (χ0n) is 13.5. The minimum Gasteiger partial charge on any atom is -0.356 e. The third kappa shape index (κ3) is 5.95. The normalized spacial score (nSPS) is 13.1. The van der Waals surface area contributed by atoms with Crippen LogP contribution < -0.4 is 10.6 Å². The van der Waals surface area contributed by atoms with E-state index in [4.69, 9.17) is 0 Å². The van der Waals surface area contributed by atoms with Crippen molar-refractivity contribution in [2.75, 3.05) is 20.1 Å². The number of guanidine groups is 1. The molecule has 0 spiro atoms. The first-order valence-electron chi connectivity index (χ1n) is 7.23. The molecule has 0 heterocycles. The summed E-state index contributed by atoms with van der Waals surface area (Å²) >= 11 is 0. The number of rotatable bonds is 5. The van der Waals surface area contributed by atoms with E-state index in [0.717, 1.165) is 0 Å². The molecule has 0 radical (unpaired) electrons. The highest BCUT2D eigenvalue weighted by Gasteiger charge is 2.26. The molecule has 6 heteroatoms. The molecule has 0 aliphatic carbocycles. The number of benzene rings is 1. The maximum atomic E-state index is 12.2. The molecular formula is C16H24F3N3. The fraction of sp³-hybridized carbons (Fsp3) is 0.562. The number of aryl methyl sites for hydroxylation is 1. The van der Waals surface area contributed by atoms with Gasteiger partial charge in [0.25, 0.3) is 0 Å². The number of nitrogens with zero attached hydrogens (tertiary/aromatic N) is 1. The third-order valence-corrected chi connectivity index (χ3v) is 3.50. The monoisotopic (exact) mass is 315 g/mol. The molecule has 0 fully saturated rings. The molecule has 0 atom stereocenters. The molecule has 3 nitrogen and oxygen atoms in total. The first-order valence-corrected chi connectivity index (χ1v) is 7.23. The second kappa shape index (κ2) is 7.51. The number of nitrogens with one attached hydrogen (secondary N) is 2. The van der Waals surface area contributed by atoms with Crippen molar-refractivity contribution in [3.8, 4) is 0 Å². The van der Waals surface area contributed by atoms with E-state index < -0.39 is 12.6 Å². The van der Waals surface area contributed by atoms with Gasteiger partial charge in [0.05, 0.1) is 6.42 Å². The molecule has 0 saturated heterocycles. The standard InChI is InChI=1S/C16H24F3N3/c1-12-7-5-6-8-13(12)15(2,3)11-22-14(20-4)21-10-9-16(17,18)19/h5-8H,9-11H2,1-4H3,(H2,20,21,22). The van der Waals surface area contributed by atoms with Crippen LogP contribution in [0.25, 0.3) is 0 Å². The highest BCUT2D eigenvalue weighted by Crippen LogP contribution is 2.25. The van der Waals surface area contributed by atoms with Crippen molar-refractivity contribution in [3.05, 3.63) is 35.4 Å². The van der Waals surface area contributed by atoms with Crippen molar-refractivity contribution < 1.29 is 13.2 Å². The van der Waals surface area contributed by atoms with Crippen LogP contribution >= 0.6 is 0 Å². The number of hydrogen-bond donors (Lipinski definition) is 2. The summed E-state index contributed by atoms with van der Waals surface area (Å²) in [5, 5.41) is 5.78. The molecular weight excluding hydrogens is 291 g/mol. The Bertz CT molecular complexity index is 508.